The fraction of sp³-hybridized carbons (Fsp3) is 0.273. The molecule has 1 heterocycles. The molecular formula is C11H11FN2O5S. The number of amides is 1. The maximum atomic E-state index is 12.8. The van der Waals surface area contributed by atoms with Crippen molar-refractivity contribution in [2.45, 2.75) is 10.9 Å². The number of aliphatic carboxylic acids is 1. The van der Waals surface area contributed by atoms with Crippen molar-refractivity contribution in [2.24, 2.45) is 0 Å². The summed E-state index contributed by atoms with van der Waals surface area (Å²) in [7, 11) is -4.18. The Morgan fingerprint density at radius 3 is 2.50 bits per heavy atom. The lowest BCUT2D eigenvalue weighted by Crippen LogP contribution is -2.59. The maximum absolute atomic E-state index is 12.8. The molecule has 0 spiro atoms. The Morgan fingerprint density at radius 2 is 1.95 bits per heavy atom. The molecule has 2 rings (SSSR count). The minimum Gasteiger partial charge on any atom is -0.480 e. The Balaban J connectivity index is 2.41. The number of hydrogen-bond donors (Lipinski definition) is 2. The molecule has 1 fully saturated rings. The van der Waals surface area contributed by atoms with E-state index < -0.39 is 40.3 Å². The molecule has 1 saturated heterocycles. The summed E-state index contributed by atoms with van der Waals surface area (Å²) in [4.78, 5) is 22.1. The zero-order valence-corrected chi connectivity index (χ0v) is 10.9. The number of hydrogen-bond acceptors (Lipinski definition) is 4. The molecule has 0 radical (unpaired) electrons. The highest BCUT2D eigenvalue weighted by Crippen LogP contribution is 2.20. The Bertz CT molecular complexity index is 643. The Kier molecular flexibility index (Phi) is 3.73. The number of benzene rings is 1. The van der Waals surface area contributed by atoms with Crippen molar-refractivity contribution in [1.29, 1.82) is 0 Å². The van der Waals surface area contributed by atoms with Gasteiger partial charge in [-0.2, -0.15) is 4.31 Å². The molecule has 7 nitrogen and oxygen atoms in total. The normalized spacial score (nSPS) is 20.4. The lowest BCUT2D eigenvalue weighted by molar-refractivity contribution is -0.143. The fourth-order valence-corrected chi connectivity index (χ4v) is 3.36. The lowest BCUT2D eigenvalue weighted by atomic mass is 10.2. The third-order valence-electron chi connectivity index (χ3n) is 2.84. The van der Waals surface area contributed by atoms with E-state index in [4.69, 9.17) is 5.11 Å². The standard InChI is InChI=1S/C11H11FN2O5S/c12-7-1-3-8(4-2-7)20(18,19)14-6-10(15)13-5-9(14)11(16)17/h1-4,9H,5-6H2,(H,13,15)(H,16,17). The molecule has 1 amide bonds. The Morgan fingerprint density at radius 1 is 1.35 bits per heavy atom. The zero-order chi connectivity index (χ0) is 14.9. The van der Waals surface area contributed by atoms with Crippen LogP contribution in [0.15, 0.2) is 29.2 Å². The van der Waals surface area contributed by atoms with Crippen molar-refractivity contribution < 1.29 is 27.5 Å². The summed E-state index contributed by atoms with van der Waals surface area (Å²) < 4.78 is 38.1. The van der Waals surface area contributed by atoms with E-state index in [0.29, 0.717) is 4.31 Å². The third kappa shape index (κ3) is 2.63. The summed E-state index contributed by atoms with van der Waals surface area (Å²) in [5, 5.41) is 11.3. The second kappa shape index (κ2) is 5.17. The predicted octanol–water partition coefficient (Wildman–Crippen LogP) is -0.601. The summed E-state index contributed by atoms with van der Waals surface area (Å²) in [5.74, 6) is -2.57. The molecule has 0 bridgehead atoms. The number of sulfonamides is 1. The average Bonchev–Trinajstić information content (AvgIpc) is 2.38. The summed E-state index contributed by atoms with van der Waals surface area (Å²) in [6.45, 7) is -0.898. The molecular weight excluding hydrogens is 291 g/mol. The van der Waals surface area contributed by atoms with E-state index in [1.807, 2.05) is 0 Å². The SMILES string of the molecule is O=C1CN(S(=O)(=O)c2ccc(F)cc2)C(C(=O)O)CN1. The first kappa shape index (κ1) is 14.4. The first-order valence-electron chi connectivity index (χ1n) is 5.59. The van der Waals surface area contributed by atoms with Crippen LogP contribution in [-0.4, -0.2) is 48.8 Å². The number of nitrogens with one attached hydrogen (secondary N) is 1. The van der Waals surface area contributed by atoms with Gasteiger partial charge >= 0.3 is 5.97 Å². The van der Waals surface area contributed by atoms with Gasteiger partial charge in [-0.1, -0.05) is 0 Å². The maximum Gasteiger partial charge on any atom is 0.323 e. The van der Waals surface area contributed by atoms with Crippen LogP contribution in [0.5, 0.6) is 0 Å². The van der Waals surface area contributed by atoms with Crippen molar-refractivity contribution in [1.82, 2.24) is 9.62 Å². The van der Waals surface area contributed by atoms with Crippen LogP contribution < -0.4 is 5.32 Å². The van der Waals surface area contributed by atoms with Crippen LogP contribution in [0.3, 0.4) is 0 Å². The minimum atomic E-state index is -4.18. The molecule has 108 valence electrons. The van der Waals surface area contributed by atoms with Gasteiger partial charge in [0.25, 0.3) is 0 Å². The van der Waals surface area contributed by atoms with E-state index in [1.165, 1.54) is 0 Å². The van der Waals surface area contributed by atoms with Crippen LogP contribution in [0.25, 0.3) is 0 Å². The van der Waals surface area contributed by atoms with Crippen LogP contribution in [-0.2, 0) is 19.6 Å². The molecule has 0 aromatic heterocycles. The molecule has 9 heteroatoms. The number of rotatable bonds is 3. The van der Waals surface area contributed by atoms with Crippen molar-refractivity contribution in [2.75, 3.05) is 13.1 Å². The number of carboxylic acid groups (broad SMARTS) is 1. The van der Waals surface area contributed by atoms with Gasteiger partial charge < -0.3 is 10.4 Å². The number of carboxylic acids is 1. The summed E-state index contributed by atoms with van der Waals surface area (Å²) in [6.07, 6.45) is 0. The molecule has 1 aromatic carbocycles. The van der Waals surface area contributed by atoms with E-state index in [2.05, 4.69) is 5.32 Å². The Hall–Kier alpha value is -2.00. The second-order valence-corrected chi connectivity index (χ2v) is 6.05. The predicted molar refractivity (Wildman–Crippen MR) is 64.7 cm³/mol. The number of halogens is 1. The lowest BCUT2D eigenvalue weighted by Gasteiger charge is -2.31. The fourth-order valence-electron chi connectivity index (χ4n) is 1.82. The van der Waals surface area contributed by atoms with Gasteiger partial charge in [0.1, 0.15) is 11.9 Å². The number of piperazine rings is 1. The molecule has 1 aliphatic heterocycles. The molecule has 1 aromatic rings. The van der Waals surface area contributed by atoms with Crippen LogP contribution in [0, 0.1) is 5.82 Å². The van der Waals surface area contributed by atoms with Crippen LogP contribution in [0.4, 0.5) is 4.39 Å². The van der Waals surface area contributed by atoms with E-state index >= 15 is 0 Å². The quantitative estimate of drug-likeness (QED) is 0.776. The molecule has 1 atom stereocenters. The van der Waals surface area contributed by atoms with E-state index in [0.717, 1.165) is 24.3 Å². The van der Waals surface area contributed by atoms with Gasteiger partial charge in [0.05, 0.1) is 11.4 Å². The molecule has 20 heavy (non-hydrogen) atoms. The highest BCUT2D eigenvalue weighted by atomic mass is 32.2. The van der Waals surface area contributed by atoms with Crippen molar-refractivity contribution in [3.8, 4) is 0 Å². The van der Waals surface area contributed by atoms with Gasteiger partial charge in [0.2, 0.25) is 15.9 Å². The molecule has 2 N–H and O–H groups in total. The molecule has 1 aliphatic rings. The number of nitrogens with zero attached hydrogens (tertiary/aromatic N) is 1. The first-order chi connectivity index (χ1) is 9.32. The average molecular weight is 302 g/mol. The second-order valence-electron chi connectivity index (χ2n) is 4.16. The first-order valence-corrected chi connectivity index (χ1v) is 7.03. The number of carbonyl (C=O) groups excluding carboxylic acids is 1. The summed E-state index contributed by atoms with van der Waals surface area (Å²) >= 11 is 0. The molecule has 1 unspecified atom stereocenters. The van der Waals surface area contributed by atoms with Crippen LogP contribution >= 0.6 is 0 Å². The van der Waals surface area contributed by atoms with Gasteiger partial charge in [0, 0.05) is 6.54 Å². The van der Waals surface area contributed by atoms with E-state index in [1.54, 1.807) is 0 Å². The van der Waals surface area contributed by atoms with Crippen molar-refractivity contribution >= 4 is 21.9 Å². The largest absolute Gasteiger partial charge is 0.480 e. The Labute approximate surface area is 114 Å². The zero-order valence-electron chi connectivity index (χ0n) is 10.1. The summed E-state index contributed by atoms with van der Waals surface area (Å²) in [6, 6.07) is 2.56. The van der Waals surface area contributed by atoms with Crippen LogP contribution in [0.1, 0.15) is 0 Å². The van der Waals surface area contributed by atoms with Gasteiger partial charge in [0.15, 0.2) is 0 Å². The minimum absolute atomic E-state index is 0.264. The van der Waals surface area contributed by atoms with Gasteiger partial charge in [-0.3, -0.25) is 9.59 Å². The van der Waals surface area contributed by atoms with Gasteiger partial charge in [-0.05, 0) is 24.3 Å². The van der Waals surface area contributed by atoms with E-state index in [9.17, 15) is 22.4 Å². The highest BCUT2D eigenvalue weighted by Gasteiger charge is 2.40. The molecule has 0 aliphatic carbocycles. The summed E-state index contributed by atoms with van der Waals surface area (Å²) in [5.41, 5.74) is 0. The van der Waals surface area contributed by atoms with Crippen molar-refractivity contribution in [3.05, 3.63) is 30.1 Å². The molecule has 0 saturated carbocycles. The topological polar surface area (TPSA) is 104 Å². The third-order valence-corrected chi connectivity index (χ3v) is 4.71. The van der Waals surface area contributed by atoms with Gasteiger partial charge in [-0.25, -0.2) is 12.8 Å². The van der Waals surface area contributed by atoms with Crippen LogP contribution in [0.2, 0.25) is 0 Å². The van der Waals surface area contributed by atoms with Crippen molar-refractivity contribution in [3.63, 3.8) is 0 Å². The monoisotopic (exact) mass is 302 g/mol. The number of carbonyl (C=O) groups is 2. The van der Waals surface area contributed by atoms with E-state index in [-0.39, 0.29) is 11.4 Å². The smallest absolute Gasteiger partial charge is 0.323 e. The van der Waals surface area contributed by atoms with Gasteiger partial charge in [-0.15, -0.1) is 0 Å². The highest BCUT2D eigenvalue weighted by molar-refractivity contribution is 7.89.